The second-order valence-electron chi connectivity index (χ2n) is 6.51. The van der Waals surface area contributed by atoms with Gasteiger partial charge in [-0.1, -0.05) is 13.8 Å². The van der Waals surface area contributed by atoms with Gasteiger partial charge in [0.2, 0.25) is 0 Å². The quantitative estimate of drug-likeness (QED) is 0.808. The van der Waals surface area contributed by atoms with Crippen LogP contribution in [0.5, 0.6) is 0 Å². The standard InChI is InChI=1S/C17H27N3O3/c1-13(2)10-19-6-7-20(11-15(19)4-8-21)17(23)16-9-14(12-22)3-5-18-16/h3,5,9,13,15,21-22H,4,6-8,10-12H2,1-2H3/t15-/m1/s1. The first-order chi connectivity index (χ1) is 11.0. The zero-order valence-electron chi connectivity index (χ0n) is 14.0. The van der Waals surface area contributed by atoms with E-state index >= 15 is 0 Å². The molecule has 1 aliphatic rings. The van der Waals surface area contributed by atoms with Gasteiger partial charge in [-0.05, 0) is 30.0 Å². The van der Waals surface area contributed by atoms with E-state index in [0.717, 1.165) is 13.1 Å². The van der Waals surface area contributed by atoms with Gasteiger partial charge in [-0.25, -0.2) is 0 Å². The van der Waals surface area contributed by atoms with E-state index in [1.807, 2.05) is 0 Å². The van der Waals surface area contributed by atoms with E-state index in [1.54, 1.807) is 23.2 Å². The molecule has 0 aromatic carbocycles. The Kier molecular flexibility index (Phi) is 6.50. The lowest BCUT2D eigenvalue weighted by Crippen LogP contribution is -2.55. The molecule has 2 rings (SSSR count). The lowest BCUT2D eigenvalue weighted by molar-refractivity contribution is 0.0380. The second-order valence-corrected chi connectivity index (χ2v) is 6.51. The molecule has 23 heavy (non-hydrogen) atoms. The summed E-state index contributed by atoms with van der Waals surface area (Å²) in [5, 5.41) is 18.5. The molecule has 0 unspecified atom stereocenters. The number of aliphatic hydroxyl groups excluding tert-OH is 2. The molecule has 6 heteroatoms. The van der Waals surface area contributed by atoms with Crippen molar-refractivity contribution in [3.05, 3.63) is 29.6 Å². The van der Waals surface area contributed by atoms with Crippen LogP contribution < -0.4 is 0 Å². The van der Waals surface area contributed by atoms with Crippen molar-refractivity contribution in [1.29, 1.82) is 0 Å². The van der Waals surface area contributed by atoms with E-state index in [4.69, 9.17) is 0 Å². The summed E-state index contributed by atoms with van der Waals surface area (Å²) in [6, 6.07) is 3.52. The molecule has 1 atom stereocenters. The van der Waals surface area contributed by atoms with Crippen molar-refractivity contribution < 1.29 is 15.0 Å². The number of rotatable bonds is 6. The Hall–Kier alpha value is -1.50. The average molecular weight is 321 g/mol. The third-order valence-corrected chi connectivity index (χ3v) is 4.18. The number of hydrogen-bond acceptors (Lipinski definition) is 5. The van der Waals surface area contributed by atoms with Crippen LogP contribution in [0.25, 0.3) is 0 Å². The summed E-state index contributed by atoms with van der Waals surface area (Å²) < 4.78 is 0. The molecule has 2 heterocycles. The van der Waals surface area contributed by atoms with Crippen LogP contribution in [-0.2, 0) is 6.61 Å². The number of aliphatic hydroxyl groups is 2. The van der Waals surface area contributed by atoms with Crippen LogP contribution in [0.1, 0.15) is 36.3 Å². The van der Waals surface area contributed by atoms with Crippen molar-refractivity contribution in [2.24, 2.45) is 5.92 Å². The SMILES string of the molecule is CC(C)CN1CCN(C(=O)c2cc(CO)ccn2)C[C@H]1CCO. The average Bonchev–Trinajstić information content (AvgIpc) is 2.55. The van der Waals surface area contributed by atoms with Gasteiger partial charge >= 0.3 is 0 Å². The van der Waals surface area contributed by atoms with Crippen LogP contribution in [0.2, 0.25) is 0 Å². The van der Waals surface area contributed by atoms with Crippen molar-refractivity contribution in [3.63, 3.8) is 0 Å². The number of amides is 1. The van der Waals surface area contributed by atoms with Gasteiger partial charge in [0.1, 0.15) is 5.69 Å². The Morgan fingerprint density at radius 3 is 2.83 bits per heavy atom. The minimum atomic E-state index is -0.104. The van der Waals surface area contributed by atoms with Crippen molar-refractivity contribution >= 4 is 5.91 Å². The number of hydrogen-bond donors (Lipinski definition) is 2. The molecule has 128 valence electrons. The maximum absolute atomic E-state index is 12.6. The van der Waals surface area contributed by atoms with Gasteiger partial charge in [0.05, 0.1) is 6.61 Å². The second kappa shape index (κ2) is 8.38. The largest absolute Gasteiger partial charge is 0.396 e. The Bertz CT molecular complexity index is 522. The monoisotopic (exact) mass is 321 g/mol. The molecule has 6 nitrogen and oxygen atoms in total. The van der Waals surface area contributed by atoms with Gasteiger partial charge in [-0.15, -0.1) is 0 Å². The van der Waals surface area contributed by atoms with Crippen molar-refractivity contribution in [3.8, 4) is 0 Å². The van der Waals surface area contributed by atoms with E-state index < -0.39 is 0 Å². The molecule has 2 N–H and O–H groups in total. The van der Waals surface area contributed by atoms with Crippen LogP contribution >= 0.6 is 0 Å². The Balaban J connectivity index is 2.07. The van der Waals surface area contributed by atoms with E-state index in [0.29, 0.717) is 36.7 Å². The molecular weight excluding hydrogens is 294 g/mol. The Labute approximate surface area is 137 Å². The molecule has 1 saturated heterocycles. The van der Waals surface area contributed by atoms with E-state index in [1.165, 1.54) is 0 Å². The van der Waals surface area contributed by atoms with E-state index in [9.17, 15) is 15.0 Å². The fraction of sp³-hybridized carbons (Fsp3) is 0.647. The molecule has 1 aromatic heterocycles. The predicted octanol–water partition coefficient (Wildman–Crippen LogP) is 0.739. The van der Waals surface area contributed by atoms with Crippen molar-refractivity contribution in [2.75, 3.05) is 32.8 Å². The summed E-state index contributed by atoms with van der Waals surface area (Å²) >= 11 is 0. The highest BCUT2D eigenvalue weighted by Crippen LogP contribution is 2.17. The molecule has 0 aliphatic carbocycles. The number of piperazine rings is 1. The molecule has 0 bridgehead atoms. The first-order valence-corrected chi connectivity index (χ1v) is 8.25. The molecule has 1 amide bonds. The molecule has 0 spiro atoms. The fourth-order valence-corrected chi connectivity index (χ4v) is 3.06. The van der Waals surface area contributed by atoms with Gasteiger partial charge in [-0.2, -0.15) is 0 Å². The van der Waals surface area contributed by atoms with Crippen LogP contribution in [0.15, 0.2) is 18.3 Å². The van der Waals surface area contributed by atoms with Crippen molar-refractivity contribution in [2.45, 2.75) is 32.9 Å². The zero-order valence-corrected chi connectivity index (χ0v) is 14.0. The topological polar surface area (TPSA) is 76.9 Å². The minimum Gasteiger partial charge on any atom is -0.396 e. The number of nitrogens with zero attached hydrogens (tertiary/aromatic N) is 3. The highest BCUT2D eigenvalue weighted by Gasteiger charge is 2.30. The van der Waals surface area contributed by atoms with E-state index in [2.05, 4.69) is 23.7 Å². The van der Waals surface area contributed by atoms with Gasteiger partial charge in [0, 0.05) is 45.0 Å². The third-order valence-electron chi connectivity index (χ3n) is 4.18. The number of pyridine rings is 1. The van der Waals surface area contributed by atoms with Crippen LogP contribution in [0.3, 0.4) is 0 Å². The predicted molar refractivity (Wildman–Crippen MR) is 88.0 cm³/mol. The molecule has 1 fully saturated rings. The smallest absolute Gasteiger partial charge is 0.272 e. The van der Waals surface area contributed by atoms with E-state index in [-0.39, 0.29) is 25.2 Å². The maximum atomic E-state index is 12.6. The Morgan fingerprint density at radius 1 is 1.39 bits per heavy atom. The number of aromatic nitrogens is 1. The molecule has 1 aliphatic heterocycles. The number of carbonyl (C=O) groups is 1. The first kappa shape index (κ1) is 17.8. The first-order valence-electron chi connectivity index (χ1n) is 8.25. The van der Waals surface area contributed by atoms with Gasteiger partial charge in [0.15, 0.2) is 0 Å². The molecule has 0 radical (unpaired) electrons. The molecule has 1 aromatic rings. The lowest BCUT2D eigenvalue weighted by Gasteiger charge is -2.42. The Morgan fingerprint density at radius 2 is 2.17 bits per heavy atom. The maximum Gasteiger partial charge on any atom is 0.272 e. The zero-order chi connectivity index (χ0) is 16.8. The van der Waals surface area contributed by atoms with Crippen LogP contribution in [0, 0.1) is 5.92 Å². The summed E-state index contributed by atoms with van der Waals surface area (Å²) in [7, 11) is 0. The minimum absolute atomic E-state index is 0.0991. The third kappa shape index (κ3) is 4.73. The number of carbonyl (C=O) groups excluding carboxylic acids is 1. The summed E-state index contributed by atoms with van der Waals surface area (Å²) in [5.74, 6) is 0.453. The van der Waals surface area contributed by atoms with Crippen molar-refractivity contribution in [1.82, 2.24) is 14.8 Å². The summed E-state index contributed by atoms with van der Waals surface area (Å²) in [5.41, 5.74) is 1.06. The van der Waals surface area contributed by atoms with Gasteiger partial charge in [0.25, 0.3) is 5.91 Å². The molecular formula is C17H27N3O3. The van der Waals surface area contributed by atoms with Crippen LogP contribution in [0.4, 0.5) is 0 Å². The highest BCUT2D eigenvalue weighted by atomic mass is 16.3. The molecule has 0 saturated carbocycles. The van der Waals surface area contributed by atoms with Crippen LogP contribution in [-0.4, -0.2) is 69.7 Å². The summed E-state index contributed by atoms with van der Waals surface area (Å²) in [4.78, 5) is 21.0. The summed E-state index contributed by atoms with van der Waals surface area (Å²) in [6.45, 7) is 7.45. The van der Waals surface area contributed by atoms with Gasteiger partial charge < -0.3 is 15.1 Å². The fourth-order valence-electron chi connectivity index (χ4n) is 3.06. The lowest BCUT2D eigenvalue weighted by atomic mass is 10.1. The summed E-state index contributed by atoms with van der Waals surface area (Å²) in [6.07, 6.45) is 2.22. The highest BCUT2D eigenvalue weighted by molar-refractivity contribution is 5.92. The van der Waals surface area contributed by atoms with Gasteiger partial charge in [-0.3, -0.25) is 14.7 Å². The normalized spacial score (nSPS) is 19.3.